The number of hydrogen-bond acceptors (Lipinski definition) is 4. The average molecular weight is 403 g/mol. The first-order chi connectivity index (χ1) is 12.1. The Morgan fingerprint density at radius 2 is 1.96 bits per heavy atom. The molecule has 0 bridgehead atoms. The van der Waals surface area contributed by atoms with Gasteiger partial charge in [0.05, 0.1) is 25.4 Å². The summed E-state index contributed by atoms with van der Waals surface area (Å²) in [7, 11) is 1.58. The molecule has 0 atom stereocenters. The van der Waals surface area contributed by atoms with Crippen LogP contribution in [0.5, 0.6) is 5.75 Å². The van der Waals surface area contributed by atoms with E-state index in [0.717, 1.165) is 10.9 Å². The van der Waals surface area contributed by atoms with Crippen LogP contribution >= 0.6 is 15.9 Å². The van der Waals surface area contributed by atoms with E-state index < -0.39 is 5.91 Å². The predicted octanol–water partition coefficient (Wildman–Crippen LogP) is 3.21. The summed E-state index contributed by atoms with van der Waals surface area (Å²) in [6, 6.07) is 12.3. The van der Waals surface area contributed by atoms with E-state index >= 15 is 0 Å². The van der Waals surface area contributed by atoms with Gasteiger partial charge in [0.15, 0.2) is 0 Å². The third-order valence-electron chi connectivity index (χ3n) is 3.65. The lowest BCUT2D eigenvalue weighted by atomic mass is 10.1. The SMILES string of the molecule is COc1ccc2c(CC(=O)NNC(=O)c3ccccc3Br)coc2c1. The Hall–Kier alpha value is -2.80. The Balaban J connectivity index is 1.63. The van der Waals surface area contributed by atoms with Crippen molar-refractivity contribution in [1.29, 1.82) is 0 Å². The summed E-state index contributed by atoms with van der Waals surface area (Å²) in [6.45, 7) is 0. The van der Waals surface area contributed by atoms with E-state index in [1.165, 1.54) is 6.26 Å². The molecule has 0 saturated heterocycles. The van der Waals surface area contributed by atoms with Crippen molar-refractivity contribution < 1.29 is 18.7 Å². The van der Waals surface area contributed by atoms with Gasteiger partial charge in [-0.15, -0.1) is 0 Å². The van der Waals surface area contributed by atoms with E-state index in [2.05, 4.69) is 26.8 Å². The van der Waals surface area contributed by atoms with Crippen LogP contribution in [0.15, 0.2) is 57.6 Å². The number of methoxy groups -OCH3 is 1. The molecular formula is C18H15BrN2O4. The van der Waals surface area contributed by atoms with Crippen LogP contribution in [0.25, 0.3) is 11.0 Å². The van der Waals surface area contributed by atoms with Crippen LogP contribution in [0.1, 0.15) is 15.9 Å². The fraction of sp³-hybridized carbons (Fsp3) is 0.111. The van der Waals surface area contributed by atoms with Crippen molar-refractivity contribution in [1.82, 2.24) is 10.9 Å². The Kier molecular flexibility index (Phi) is 5.04. The van der Waals surface area contributed by atoms with Crippen molar-refractivity contribution in [3.63, 3.8) is 0 Å². The molecule has 3 rings (SSSR count). The van der Waals surface area contributed by atoms with Crippen LogP contribution in [0.4, 0.5) is 0 Å². The first-order valence-electron chi connectivity index (χ1n) is 7.46. The summed E-state index contributed by atoms with van der Waals surface area (Å²) >= 11 is 3.30. The first-order valence-corrected chi connectivity index (χ1v) is 8.25. The van der Waals surface area contributed by atoms with Crippen molar-refractivity contribution in [3.8, 4) is 5.75 Å². The minimum atomic E-state index is -0.400. The highest BCUT2D eigenvalue weighted by molar-refractivity contribution is 9.10. The summed E-state index contributed by atoms with van der Waals surface area (Å²) in [4.78, 5) is 24.2. The van der Waals surface area contributed by atoms with Gasteiger partial charge in [-0.25, -0.2) is 0 Å². The van der Waals surface area contributed by atoms with Crippen LogP contribution < -0.4 is 15.6 Å². The van der Waals surface area contributed by atoms with Crippen LogP contribution in [-0.2, 0) is 11.2 Å². The van der Waals surface area contributed by atoms with Gasteiger partial charge in [-0.3, -0.25) is 20.4 Å². The van der Waals surface area contributed by atoms with E-state index in [4.69, 9.17) is 9.15 Å². The van der Waals surface area contributed by atoms with Gasteiger partial charge in [0, 0.05) is 21.5 Å². The second-order valence-electron chi connectivity index (χ2n) is 5.28. The minimum Gasteiger partial charge on any atom is -0.497 e. The third-order valence-corrected chi connectivity index (χ3v) is 4.34. The number of hydrogen-bond donors (Lipinski definition) is 2. The summed E-state index contributed by atoms with van der Waals surface area (Å²) in [5, 5.41) is 0.827. The highest BCUT2D eigenvalue weighted by Gasteiger charge is 2.13. The number of rotatable bonds is 4. The van der Waals surface area contributed by atoms with Gasteiger partial charge in [0.2, 0.25) is 5.91 Å². The minimum absolute atomic E-state index is 0.0789. The van der Waals surface area contributed by atoms with Gasteiger partial charge >= 0.3 is 0 Å². The molecule has 0 saturated carbocycles. The van der Waals surface area contributed by atoms with Gasteiger partial charge in [-0.2, -0.15) is 0 Å². The monoisotopic (exact) mass is 402 g/mol. The molecular weight excluding hydrogens is 388 g/mol. The van der Waals surface area contributed by atoms with Crippen molar-refractivity contribution in [2.24, 2.45) is 0 Å². The zero-order chi connectivity index (χ0) is 17.8. The van der Waals surface area contributed by atoms with E-state index in [1.54, 1.807) is 43.5 Å². The van der Waals surface area contributed by atoms with Crippen molar-refractivity contribution in [2.75, 3.05) is 7.11 Å². The summed E-state index contributed by atoms with van der Waals surface area (Å²) in [5.41, 5.74) is 6.61. The average Bonchev–Trinajstić information content (AvgIpc) is 3.02. The molecule has 25 heavy (non-hydrogen) atoms. The van der Waals surface area contributed by atoms with Crippen LogP contribution in [0, 0.1) is 0 Å². The molecule has 0 radical (unpaired) electrons. The third kappa shape index (κ3) is 3.83. The van der Waals surface area contributed by atoms with E-state index in [-0.39, 0.29) is 12.3 Å². The molecule has 0 fully saturated rings. The Morgan fingerprint density at radius 3 is 2.72 bits per heavy atom. The molecule has 0 aliphatic rings. The van der Waals surface area contributed by atoms with Crippen LogP contribution in [0.2, 0.25) is 0 Å². The maximum Gasteiger partial charge on any atom is 0.270 e. The maximum absolute atomic E-state index is 12.1. The summed E-state index contributed by atoms with van der Waals surface area (Å²) in [6.07, 6.45) is 1.61. The molecule has 1 aromatic heterocycles. The fourth-order valence-corrected chi connectivity index (χ4v) is 2.85. The number of benzene rings is 2. The number of carbonyl (C=O) groups excluding carboxylic acids is 2. The van der Waals surface area contributed by atoms with Crippen LogP contribution in [-0.4, -0.2) is 18.9 Å². The zero-order valence-corrected chi connectivity index (χ0v) is 14.9. The fourth-order valence-electron chi connectivity index (χ4n) is 2.38. The number of furan rings is 1. The van der Waals surface area contributed by atoms with Gasteiger partial charge in [-0.05, 0) is 40.2 Å². The smallest absolute Gasteiger partial charge is 0.270 e. The quantitative estimate of drug-likeness (QED) is 0.656. The second kappa shape index (κ2) is 7.40. The second-order valence-corrected chi connectivity index (χ2v) is 6.14. The van der Waals surface area contributed by atoms with E-state index in [9.17, 15) is 9.59 Å². The van der Waals surface area contributed by atoms with Gasteiger partial charge in [0.1, 0.15) is 11.3 Å². The summed E-state index contributed by atoms with van der Waals surface area (Å²) < 4.78 is 11.2. The first kappa shape index (κ1) is 17.0. The molecule has 128 valence electrons. The number of fused-ring (bicyclic) bond motifs is 1. The lowest BCUT2D eigenvalue weighted by Gasteiger charge is -2.08. The molecule has 0 aliphatic carbocycles. The predicted molar refractivity (Wildman–Crippen MR) is 96.2 cm³/mol. The van der Waals surface area contributed by atoms with E-state index in [0.29, 0.717) is 21.4 Å². The Bertz CT molecular complexity index is 936. The van der Waals surface area contributed by atoms with Crippen molar-refractivity contribution in [3.05, 3.63) is 64.3 Å². The van der Waals surface area contributed by atoms with Crippen molar-refractivity contribution in [2.45, 2.75) is 6.42 Å². The summed E-state index contributed by atoms with van der Waals surface area (Å²) in [5.74, 6) is -0.0694. The zero-order valence-electron chi connectivity index (χ0n) is 13.3. The number of nitrogens with one attached hydrogen (secondary N) is 2. The Labute approximate surface area is 152 Å². The van der Waals surface area contributed by atoms with Gasteiger partial charge < -0.3 is 9.15 Å². The lowest BCUT2D eigenvalue weighted by Crippen LogP contribution is -2.42. The Morgan fingerprint density at radius 1 is 1.16 bits per heavy atom. The number of carbonyl (C=O) groups is 2. The number of halogens is 1. The standard InChI is InChI=1S/C18H15BrN2O4/c1-24-12-6-7-13-11(10-25-16(13)9-12)8-17(22)20-21-18(23)14-4-2-3-5-15(14)19/h2-7,9-10H,8H2,1H3,(H,20,22)(H,21,23). The maximum atomic E-state index is 12.1. The number of amides is 2. The number of hydrazine groups is 1. The molecule has 0 spiro atoms. The molecule has 2 N–H and O–H groups in total. The molecule has 1 heterocycles. The molecule has 0 unspecified atom stereocenters. The molecule has 7 heteroatoms. The topological polar surface area (TPSA) is 80.6 Å². The molecule has 3 aromatic rings. The molecule has 2 amide bonds. The highest BCUT2D eigenvalue weighted by atomic mass is 79.9. The van der Waals surface area contributed by atoms with Crippen molar-refractivity contribution >= 4 is 38.7 Å². The highest BCUT2D eigenvalue weighted by Crippen LogP contribution is 2.25. The van der Waals surface area contributed by atoms with Gasteiger partial charge in [0.25, 0.3) is 5.91 Å². The van der Waals surface area contributed by atoms with Gasteiger partial charge in [-0.1, -0.05) is 12.1 Å². The largest absolute Gasteiger partial charge is 0.497 e. The molecule has 2 aromatic carbocycles. The van der Waals surface area contributed by atoms with Crippen LogP contribution in [0.3, 0.4) is 0 Å². The molecule has 0 aliphatic heterocycles. The number of ether oxygens (including phenoxy) is 1. The van der Waals surface area contributed by atoms with E-state index in [1.807, 2.05) is 6.07 Å². The molecule has 6 nitrogen and oxygen atoms in total. The lowest BCUT2D eigenvalue weighted by molar-refractivity contribution is -0.121. The normalized spacial score (nSPS) is 10.5.